The Kier molecular flexibility index (Phi) is 5.34. The Labute approximate surface area is 122 Å². The number of halogens is 1. The predicted molar refractivity (Wildman–Crippen MR) is 79.2 cm³/mol. The molecule has 1 amide bonds. The summed E-state index contributed by atoms with van der Waals surface area (Å²) in [7, 11) is 0. The lowest BCUT2D eigenvalue weighted by molar-refractivity contribution is 0.0635. The quantitative estimate of drug-likeness (QED) is 0.924. The third-order valence-electron chi connectivity index (χ3n) is 3.44. The van der Waals surface area contributed by atoms with E-state index in [2.05, 4.69) is 33.2 Å². The molecule has 1 saturated heterocycles. The maximum Gasteiger partial charge on any atom is 0.273 e. The van der Waals surface area contributed by atoms with Crippen LogP contribution in [0.1, 0.15) is 36.7 Å². The first-order chi connectivity index (χ1) is 9.24. The molecule has 0 aromatic carbocycles. The van der Waals surface area contributed by atoms with Gasteiger partial charge >= 0.3 is 0 Å². The molecule has 0 atom stereocenters. The maximum atomic E-state index is 12.7. The molecule has 1 fully saturated rings. The van der Waals surface area contributed by atoms with Gasteiger partial charge in [0.05, 0.1) is 0 Å². The number of aromatic nitrogens is 1. The summed E-state index contributed by atoms with van der Waals surface area (Å²) in [4.78, 5) is 18.9. The molecule has 1 aliphatic heterocycles. The third-order valence-corrected chi connectivity index (χ3v) is 4.08. The van der Waals surface area contributed by atoms with Crippen LogP contribution in [0.25, 0.3) is 0 Å². The van der Waals surface area contributed by atoms with Gasteiger partial charge in [-0.1, -0.05) is 6.92 Å². The Morgan fingerprint density at radius 3 is 2.89 bits per heavy atom. The number of piperidine rings is 1. The average Bonchev–Trinajstić information content (AvgIpc) is 2.45. The highest BCUT2D eigenvalue weighted by Crippen LogP contribution is 2.20. The number of hydrogen-bond acceptors (Lipinski definition) is 3. The number of amides is 1. The standard InChI is InChI=1S/C14H20BrN3O/c1-2-10-18(11-5-8-16-9-6-11)14(19)13-12(15)4-3-7-17-13/h3-4,7,11,16H,2,5-6,8-10H2,1H3. The molecular formula is C14H20BrN3O. The van der Waals surface area contributed by atoms with Gasteiger partial charge in [-0.05, 0) is 60.4 Å². The second kappa shape index (κ2) is 7.01. The van der Waals surface area contributed by atoms with Gasteiger partial charge in [0.25, 0.3) is 5.91 Å². The van der Waals surface area contributed by atoms with Crippen LogP contribution >= 0.6 is 15.9 Å². The second-order valence-electron chi connectivity index (χ2n) is 4.81. The normalized spacial score (nSPS) is 16.3. The molecule has 1 N–H and O–H groups in total. The Morgan fingerprint density at radius 2 is 2.26 bits per heavy atom. The Morgan fingerprint density at radius 1 is 1.53 bits per heavy atom. The van der Waals surface area contributed by atoms with Gasteiger partial charge in [-0.15, -0.1) is 0 Å². The van der Waals surface area contributed by atoms with Gasteiger partial charge in [-0.2, -0.15) is 0 Å². The Hall–Kier alpha value is -0.940. The van der Waals surface area contributed by atoms with Crippen molar-refractivity contribution in [1.82, 2.24) is 15.2 Å². The summed E-state index contributed by atoms with van der Waals surface area (Å²) in [5.74, 6) is 0.0428. The van der Waals surface area contributed by atoms with Crippen molar-refractivity contribution in [2.75, 3.05) is 19.6 Å². The number of nitrogens with one attached hydrogen (secondary N) is 1. The van der Waals surface area contributed by atoms with E-state index in [1.54, 1.807) is 6.20 Å². The van der Waals surface area contributed by atoms with E-state index in [0.717, 1.165) is 43.4 Å². The van der Waals surface area contributed by atoms with E-state index in [0.29, 0.717) is 11.7 Å². The van der Waals surface area contributed by atoms with E-state index in [1.165, 1.54) is 0 Å². The summed E-state index contributed by atoms with van der Waals surface area (Å²) in [5, 5.41) is 3.34. The third kappa shape index (κ3) is 3.54. The molecule has 2 heterocycles. The first kappa shape index (κ1) is 14.5. The van der Waals surface area contributed by atoms with Crippen LogP contribution < -0.4 is 5.32 Å². The molecular weight excluding hydrogens is 306 g/mol. The van der Waals surface area contributed by atoms with Crippen molar-refractivity contribution in [2.24, 2.45) is 0 Å². The minimum Gasteiger partial charge on any atom is -0.334 e. The van der Waals surface area contributed by atoms with Crippen molar-refractivity contribution >= 4 is 21.8 Å². The van der Waals surface area contributed by atoms with Crippen LogP contribution in [0, 0.1) is 0 Å². The molecule has 104 valence electrons. The molecule has 0 saturated carbocycles. The van der Waals surface area contributed by atoms with E-state index in [9.17, 15) is 4.79 Å². The van der Waals surface area contributed by atoms with Crippen molar-refractivity contribution in [1.29, 1.82) is 0 Å². The SMILES string of the molecule is CCCN(C(=O)c1ncccc1Br)C1CCNCC1. The molecule has 19 heavy (non-hydrogen) atoms. The van der Waals surface area contributed by atoms with Gasteiger partial charge in [0.15, 0.2) is 0 Å². The number of rotatable bonds is 4. The van der Waals surface area contributed by atoms with Gasteiger partial charge < -0.3 is 10.2 Å². The number of carbonyl (C=O) groups is 1. The largest absolute Gasteiger partial charge is 0.334 e. The summed E-state index contributed by atoms with van der Waals surface area (Å²) in [6, 6.07) is 4.03. The zero-order valence-corrected chi connectivity index (χ0v) is 12.8. The summed E-state index contributed by atoms with van der Waals surface area (Å²) < 4.78 is 0.773. The van der Waals surface area contributed by atoms with Crippen LogP contribution in [-0.2, 0) is 0 Å². The second-order valence-corrected chi connectivity index (χ2v) is 5.67. The van der Waals surface area contributed by atoms with E-state index >= 15 is 0 Å². The number of pyridine rings is 1. The summed E-state index contributed by atoms with van der Waals surface area (Å²) in [6.07, 6.45) is 4.69. The monoisotopic (exact) mass is 325 g/mol. The van der Waals surface area contributed by atoms with Gasteiger partial charge in [0, 0.05) is 23.3 Å². The van der Waals surface area contributed by atoms with E-state index in [4.69, 9.17) is 0 Å². The maximum absolute atomic E-state index is 12.7. The zero-order valence-electron chi connectivity index (χ0n) is 11.2. The van der Waals surface area contributed by atoms with Crippen molar-refractivity contribution < 1.29 is 4.79 Å². The predicted octanol–water partition coefficient (Wildman–Crippen LogP) is 2.45. The first-order valence-corrected chi connectivity index (χ1v) is 7.65. The van der Waals surface area contributed by atoms with Gasteiger partial charge in [0.2, 0.25) is 0 Å². The first-order valence-electron chi connectivity index (χ1n) is 6.86. The number of carbonyl (C=O) groups excluding carboxylic acids is 1. The fraction of sp³-hybridized carbons (Fsp3) is 0.571. The van der Waals surface area contributed by atoms with Crippen LogP contribution in [0.5, 0.6) is 0 Å². The van der Waals surface area contributed by atoms with Crippen LogP contribution in [0.15, 0.2) is 22.8 Å². The Bertz CT molecular complexity index is 432. The smallest absolute Gasteiger partial charge is 0.273 e. The molecule has 0 radical (unpaired) electrons. The average molecular weight is 326 g/mol. The summed E-state index contributed by atoms with van der Waals surface area (Å²) in [5.41, 5.74) is 0.523. The van der Waals surface area contributed by atoms with Crippen molar-refractivity contribution in [3.63, 3.8) is 0 Å². The van der Waals surface area contributed by atoms with Crippen molar-refractivity contribution in [3.05, 3.63) is 28.5 Å². The molecule has 5 heteroatoms. The van der Waals surface area contributed by atoms with Crippen LogP contribution in [0.3, 0.4) is 0 Å². The highest BCUT2D eigenvalue weighted by molar-refractivity contribution is 9.10. The van der Waals surface area contributed by atoms with Gasteiger partial charge in [-0.25, -0.2) is 4.98 Å². The van der Waals surface area contributed by atoms with Crippen LogP contribution in [0.2, 0.25) is 0 Å². The number of hydrogen-bond donors (Lipinski definition) is 1. The lowest BCUT2D eigenvalue weighted by Gasteiger charge is -2.34. The lowest BCUT2D eigenvalue weighted by Crippen LogP contribution is -2.46. The fourth-order valence-electron chi connectivity index (χ4n) is 2.49. The summed E-state index contributed by atoms with van der Waals surface area (Å²) >= 11 is 3.42. The molecule has 4 nitrogen and oxygen atoms in total. The van der Waals surface area contributed by atoms with Crippen molar-refractivity contribution in [3.8, 4) is 0 Å². The highest BCUT2D eigenvalue weighted by Gasteiger charge is 2.27. The fourth-order valence-corrected chi connectivity index (χ4v) is 2.91. The Balaban J connectivity index is 2.18. The van der Waals surface area contributed by atoms with E-state index in [1.807, 2.05) is 17.0 Å². The molecule has 1 aromatic rings. The molecule has 2 rings (SSSR count). The van der Waals surface area contributed by atoms with Crippen molar-refractivity contribution in [2.45, 2.75) is 32.2 Å². The minimum atomic E-state index is 0.0428. The van der Waals surface area contributed by atoms with Crippen LogP contribution in [-0.4, -0.2) is 41.5 Å². The molecule has 0 bridgehead atoms. The summed E-state index contributed by atoms with van der Waals surface area (Å²) in [6.45, 7) is 4.88. The van der Waals surface area contributed by atoms with E-state index < -0.39 is 0 Å². The van der Waals surface area contributed by atoms with Crippen LogP contribution in [0.4, 0.5) is 0 Å². The lowest BCUT2D eigenvalue weighted by atomic mass is 10.0. The molecule has 0 aliphatic carbocycles. The number of nitrogens with zero attached hydrogens (tertiary/aromatic N) is 2. The highest BCUT2D eigenvalue weighted by atomic mass is 79.9. The van der Waals surface area contributed by atoms with Gasteiger partial charge in [0.1, 0.15) is 5.69 Å². The van der Waals surface area contributed by atoms with Gasteiger partial charge in [-0.3, -0.25) is 4.79 Å². The molecule has 1 aliphatic rings. The minimum absolute atomic E-state index is 0.0428. The molecule has 0 spiro atoms. The van der Waals surface area contributed by atoms with E-state index in [-0.39, 0.29) is 5.91 Å². The molecule has 0 unspecified atom stereocenters. The molecule has 1 aromatic heterocycles. The zero-order chi connectivity index (χ0) is 13.7. The topological polar surface area (TPSA) is 45.2 Å².